The zero-order chi connectivity index (χ0) is 13.7. The minimum Gasteiger partial charge on any atom is -0.448 e. The van der Waals surface area contributed by atoms with Crippen molar-refractivity contribution in [3.63, 3.8) is 0 Å². The standard InChI is InChI=1S/C12H3Br5O2/c13-4-1-6(15)10-8(2-4)18-12-9(17)5(14)3-7(16)11(12)19-10/h1-3H. The van der Waals surface area contributed by atoms with Crippen LogP contribution in [-0.2, 0) is 0 Å². The lowest BCUT2D eigenvalue weighted by Crippen LogP contribution is -2.01. The summed E-state index contributed by atoms with van der Waals surface area (Å²) in [6.07, 6.45) is 0. The maximum absolute atomic E-state index is 5.94. The Balaban J connectivity index is 2.22. The first-order chi connectivity index (χ1) is 8.97. The largest absolute Gasteiger partial charge is 0.448 e. The third-order valence-electron chi connectivity index (χ3n) is 2.48. The van der Waals surface area contributed by atoms with Crippen molar-refractivity contribution in [2.24, 2.45) is 0 Å². The van der Waals surface area contributed by atoms with E-state index < -0.39 is 0 Å². The van der Waals surface area contributed by atoms with Crippen LogP contribution >= 0.6 is 79.6 Å². The average Bonchev–Trinajstić information content (AvgIpc) is 2.34. The van der Waals surface area contributed by atoms with Crippen molar-refractivity contribution < 1.29 is 9.47 Å². The summed E-state index contributed by atoms with van der Waals surface area (Å²) in [7, 11) is 0. The van der Waals surface area contributed by atoms with Crippen LogP contribution in [0.15, 0.2) is 40.6 Å². The molecule has 0 atom stereocenters. The van der Waals surface area contributed by atoms with E-state index in [0.29, 0.717) is 23.0 Å². The lowest BCUT2D eigenvalue weighted by atomic mass is 10.2. The van der Waals surface area contributed by atoms with E-state index in [9.17, 15) is 0 Å². The minimum absolute atomic E-state index is 0.638. The molecule has 0 spiro atoms. The first-order valence-corrected chi connectivity index (χ1v) is 8.96. The van der Waals surface area contributed by atoms with Crippen LogP contribution in [-0.4, -0.2) is 0 Å². The van der Waals surface area contributed by atoms with Gasteiger partial charge in [0.05, 0.1) is 13.4 Å². The van der Waals surface area contributed by atoms with Gasteiger partial charge in [-0.05, 0) is 81.9 Å². The molecule has 0 saturated carbocycles. The molecule has 0 N–H and O–H groups in total. The van der Waals surface area contributed by atoms with Gasteiger partial charge in [-0.3, -0.25) is 0 Å². The monoisotopic (exact) mass is 574 g/mol. The van der Waals surface area contributed by atoms with Crippen LogP contribution in [0.25, 0.3) is 0 Å². The molecule has 0 fully saturated rings. The predicted molar refractivity (Wildman–Crippen MR) is 91.5 cm³/mol. The number of hydrogen-bond donors (Lipinski definition) is 0. The number of hydrogen-bond acceptors (Lipinski definition) is 2. The van der Waals surface area contributed by atoms with Crippen molar-refractivity contribution in [3.05, 3.63) is 40.6 Å². The first kappa shape index (κ1) is 14.4. The molecular formula is C12H3Br5O2. The van der Waals surface area contributed by atoms with E-state index in [1.807, 2.05) is 18.2 Å². The Kier molecular flexibility index (Phi) is 4.03. The topological polar surface area (TPSA) is 18.5 Å². The summed E-state index contributed by atoms with van der Waals surface area (Å²) in [6.45, 7) is 0. The summed E-state index contributed by atoms with van der Waals surface area (Å²) in [5.74, 6) is 2.59. The smallest absolute Gasteiger partial charge is 0.186 e. The molecule has 7 heteroatoms. The van der Waals surface area contributed by atoms with Gasteiger partial charge < -0.3 is 9.47 Å². The highest BCUT2D eigenvalue weighted by atomic mass is 79.9. The van der Waals surface area contributed by atoms with E-state index >= 15 is 0 Å². The molecule has 19 heavy (non-hydrogen) atoms. The van der Waals surface area contributed by atoms with Crippen molar-refractivity contribution in [2.45, 2.75) is 0 Å². The lowest BCUT2D eigenvalue weighted by Gasteiger charge is -2.24. The molecule has 0 amide bonds. The average molecular weight is 579 g/mol. The zero-order valence-electron chi connectivity index (χ0n) is 8.94. The Labute approximate surface area is 151 Å². The van der Waals surface area contributed by atoms with Gasteiger partial charge in [0.1, 0.15) is 0 Å². The summed E-state index contributed by atoms with van der Waals surface area (Å²) in [4.78, 5) is 0. The third kappa shape index (κ3) is 2.52. The van der Waals surface area contributed by atoms with Gasteiger partial charge in [0.25, 0.3) is 0 Å². The maximum atomic E-state index is 5.94. The van der Waals surface area contributed by atoms with Crippen molar-refractivity contribution >= 4 is 79.6 Å². The highest BCUT2D eigenvalue weighted by molar-refractivity contribution is 9.13. The summed E-state index contributed by atoms with van der Waals surface area (Å²) in [5.41, 5.74) is 0. The SMILES string of the molecule is Brc1cc(Br)c2c(c1)Oc1c(Br)c(Br)cc(Br)c1O2. The molecule has 0 aliphatic carbocycles. The molecule has 0 bridgehead atoms. The second-order valence-electron chi connectivity index (χ2n) is 3.73. The van der Waals surface area contributed by atoms with Crippen LogP contribution in [0.3, 0.4) is 0 Å². The van der Waals surface area contributed by atoms with Crippen molar-refractivity contribution in [1.82, 2.24) is 0 Å². The molecule has 0 unspecified atom stereocenters. The molecule has 2 aromatic carbocycles. The summed E-state index contributed by atoms with van der Waals surface area (Å²) in [6, 6.07) is 5.68. The molecule has 0 aromatic heterocycles. The van der Waals surface area contributed by atoms with E-state index in [-0.39, 0.29) is 0 Å². The summed E-state index contributed by atoms with van der Waals surface area (Å²) >= 11 is 17.3. The van der Waals surface area contributed by atoms with Gasteiger partial charge in [-0.2, -0.15) is 0 Å². The van der Waals surface area contributed by atoms with Crippen LogP contribution in [0, 0.1) is 0 Å². The Hall–Kier alpha value is 0.440. The van der Waals surface area contributed by atoms with Crippen LogP contribution in [0.5, 0.6) is 23.0 Å². The molecule has 2 aromatic rings. The number of halogens is 5. The summed E-state index contributed by atoms with van der Waals surface area (Å²) < 4.78 is 16.1. The van der Waals surface area contributed by atoms with Crippen molar-refractivity contribution in [3.8, 4) is 23.0 Å². The van der Waals surface area contributed by atoms with Crippen LogP contribution in [0.1, 0.15) is 0 Å². The fourth-order valence-electron chi connectivity index (χ4n) is 1.67. The molecule has 98 valence electrons. The van der Waals surface area contributed by atoms with Gasteiger partial charge in [0.15, 0.2) is 23.0 Å². The number of benzene rings is 2. The molecule has 1 aliphatic heterocycles. The highest BCUT2D eigenvalue weighted by Crippen LogP contribution is 2.55. The number of fused-ring (bicyclic) bond motifs is 2. The Bertz CT molecular complexity index is 699. The zero-order valence-corrected chi connectivity index (χ0v) is 16.9. The van der Waals surface area contributed by atoms with Gasteiger partial charge in [0, 0.05) is 8.95 Å². The molecule has 1 heterocycles. The molecule has 0 saturated heterocycles. The molecule has 1 aliphatic rings. The predicted octanol–water partition coefficient (Wildman–Crippen LogP) is 7.40. The normalized spacial score (nSPS) is 12.3. The van der Waals surface area contributed by atoms with Gasteiger partial charge in [-0.25, -0.2) is 0 Å². The lowest BCUT2D eigenvalue weighted by molar-refractivity contribution is 0.353. The second kappa shape index (κ2) is 5.33. The minimum atomic E-state index is 0.638. The molecule has 2 nitrogen and oxygen atoms in total. The maximum Gasteiger partial charge on any atom is 0.186 e. The highest BCUT2D eigenvalue weighted by Gasteiger charge is 2.27. The van der Waals surface area contributed by atoms with E-state index in [4.69, 9.17) is 9.47 Å². The Morgan fingerprint density at radius 3 is 2.05 bits per heavy atom. The van der Waals surface area contributed by atoms with E-state index in [1.54, 1.807) is 0 Å². The van der Waals surface area contributed by atoms with Crippen LogP contribution in [0.2, 0.25) is 0 Å². The van der Waals surface area contributed by atoms with Gasteiger partial charge >= 0.3 is 0 Å². The molecule has 0 radical (unpaired) electrons. The fraction of sp³-hybridized carbons (Fsp3) is 0. The van der Waals surface area contributed by atoms with Crippen LogP contribution in [0.4, 0.5) is 0 Å². The molecular weight excluding hydrogens is 576 g/mol. The number of rotatable bonds is 0. The Morgan fingerprint density at radius 1 is 0.632 bits per heavy atom. The quantitative estimate of drug-likeness (QED) is 0.259. The van der Waals surface area contributed by atoms with Crippen molar-refractivity contribution in [1.29, 1.82) is 0 Å². The van der Waals surface area contributed by atoms with Crippen LogP contribution < -0.4 is 9.47 Å². The Morgan fingerprint density at radius 2 is 1.32 bits per heavy atom. The van der Waals surface area contributed by atoms with E-state index in [0.717, 1.165) is 22.4 Å². The molecule has 3 rings (SSSR count). The first-order valence-electron chi connectivity index (χ1n) is 4.99. The third-order valence-corrected chi connectivity index (χ3v) is 6.06. The van der Waals surface area contributed by atoms with Crippen molar-refractivity contribution in [2.75, 3.05) is 0 Å². The van der Waals surface area contributed by atoms with E-state index in [2.05, 4.69) is 79.6 Å². The van der Waals surface area contributed by atoms with Gasteiger partial charge in [-0.1, -0.05) is 15.9 Å². The second-order valence-corrected chi connectivity index (χ2v) is 8.00. The number of ether oxygens (including phenoxy) is 2. The van der Waals surface area contributed by atoms with Gasteiger partial charge in [0.2, 0.25) is 0 Å². The fourth-order valence-corrected chi connectivity index (χ4v) is 4.52. The van der Waals surface area contributed by atoms with E-state index in [1.165, 1.54) is 0 Å². The summed E-state index contributed by atoms with van der Waals surface area (Å²) in [5, 5.41) is 0. The van der Waals surface area contributed by atoms with Gasteiger partial charge in [-0.15, -0.1) is 0 Å².